The molecule has 0 aliphatic carbocycles. The van der Waals surface area contributed by atoms with Gasteiger partial charge >= 0.3 is 0 Å². The van der Waals surface area contributed by atoms with Crippen molar-refractivity contribution >= 4 is 5.91 Å². The van der Waals surface area contributed by atoms with E-state index < -0.39 is 0 Å². The second-order valence-electron chi connectivity index (χ2n) is 6.04. The van der Waals surface area contributed by atoms with Crippen LogP contribution >= 0.6 is 0 Å². The van der Waals surface area contributed by atoms with E-state index in [0.717, 1.165) is 26.2 Å². The summed E-state index contributed by atoms with van der Waals surface area (Å²) in [5.41, 5.74) is 0. The molecule has 17 heavy (non-hydrogen) atoms. The lowest BCUT2D eigenvalue weighted by molar-refractivity contribution is -0.940. The van der Waals surface area contributed by atoms with Crippen LogP contribution in [0.3, 0.4) is 0 Å². The number of piperidine rings is 1. The summed E-state index contributed by atoms with van der Waals surface area (Å²) in [5.74, 6) is 1.72. The molecule has 0 aromatic carbocycles. The monoisotopic (exact) mass is 241 g/mol. The van der Waals surface area contributed by atoms with Gasteiger partial charge in [0.25, 0.3) is 5.91 Å². The molecule has 4 heteroatoms. The molecule has 0 aromatic rings. The van der Waals surface area contributed by atoms with E-state index in [2.05, 4.69) is 24.1 Å². The number of quaternary nitrogens is 2. The van der Waals surface area contributed by atoms with Gasteiger partial charge in [0, 0.05) is 13.1 Å². The van der Waals surface area contributed by atoms with Crippen LogP contribution in [0, 0.1) is 11.8 Å². The Bertz CT molecular complexity index is 253. The number of carbonyl (C=O) groups excluding carboxylic acids is 1. The predicted molar refractivity (Wildman–Crippen MR) is 66.7 cm³/mol. The van der Waals surface area contributed by atoms with Crippen LogP contribution in [-0.4, -0.2) is 56.6 Å². The van der Waals surface area contributed by atoms with E-state index in [0.29, 0.717) is 24.3 Å². The van der Waals surface area contributed by atoms with Gasteiger partial charge < -0.3 is 15.1 Å². The SMILES string of the molecule is C[C@@H]1C[C@@H](C)CN(C(=O)C[NH+]2CC[NH2+]CC2)C1. The molecule has 2 rings (SSSR count). The average Bonchev–Trinajstić information content (AvgIpc) is 2.29. The van der Waals surface area contributed by atoms with Gasteiger partial charge in [0.15, 0.2) is 6.54 Å². The van der Waals surface area contributed by atoms with Crippen molar-refractivity contribution in [3.05, 3.63) is 0 Å². The summed E-state index contributed by atoms with van der Waals surface area (Å²) in [7, 11) is 0. The van der Waals surface area contributed by atoms with Gasteiger partial charge in [0.05, 0.1) is 0 Å². The van der Waals surface area contributed by atoms with Gasteiger partial charge in [-0.2, -0.15) is 0 Å². The van der Waals surface area contributed by atoms with Gasteiger partial charge in [-0.05, 0) is 18.3 Å². The van der Waals surface area contributed by atoms with Crippen LogP contribution in [0.15, 0.2) is 0 Å². The molecule has 0 spiro atoms. The van der Waals surface area contributed by atoms with Gasteiger partial charge in [0.2, 0.25) is 0 Å². The highest BCUT2D eigenvalue weighted by Gasteiger charge is 2.28. The lowest BCUT2D eigenvalue weighted by atomic mass is 9.92. The predicted octanol–water partition coefficient (Wildman–Crippen LogP) is -2.05. The molecule has 0 bridgehead atoms. The van der Waals surface area contributed by atoms with Crippen LogP contribution in [0.2, 0.25) is 0 Å². The summed E-state index contributed by atoms with van der Waals surface area (Å²) in [6.07, 6.45) is 1.27. The zero-order valence-electron chi connectivity index (χ0n) is 11.2. The number of amides is 1. The van der Waals surface area contributed by atoms with E-state index in [4.69, 9.17) is 0 Å². The molecule has 4 nitrogen and oxygen atoms in total. The first-order valence-electron chi connectivity index (χ1n) is 7.08. The zero-order chi connectivity index (χ0) is 12.3. The second kappa shape index (κ2) is 5.83. The molecular weight excluding hydrogens is 214 g/mol. The molecule has 0 saturated carbocycles. The smallest absolute Gasteiger partial charge is 0.277 e. The van der Waals surface area contributed by atoms with Crippen molar-refractivity contribution in [2.24, 2.45) is 11.8 Å². The summed E-state index contributed by atoms with van der Waals surface area (Å²) >= 11 is 0. The number of hydrogen-bond donors (Lipinski definition) is 2. The first-order valence-corrected chi connectivity index (χ1v) is 7.08. The number of nitrogens with zero attached hydrogens (tertiary/aromatic N) is 1. The van der Waals surface area contributed by atoms with Crippen LogP contribution in [0.1, 0.15) is 20.3 Å². The van der Waals surface area contributed by atoms with Gasteiger partial charge in [-0.15, -0.1) is 0 Å². The maximum Gasteiger partial charge on any atom is 0.277 e. The Morgan fingerprint density at radius 2 is 1.82 bits per heavy atom. The molecule has 1 amide bonds. The van der Waals surface area contributed by atoms with Crippen molar-refractivity contribution in [2.45, 2.75) is 20.3 Å². The summed E-state index contributed by atoms with van der Waals surface area (Å²) in [6.45, 7) is 11.8. The molecule has 2 aliphatic heterocycles. The molecular formula is C13H27N3O+2. The van der Waals surface area contributed by atoms with E-state index in [1.165, 1.54) is 24.4 Å². The summed E-state index contributed by atoms with van der Waals surface area (Å²) < 4.78 is 0. The molecule has 0 unspecified atom stereocenters. The van der Waals surface area contributed by atoms with Crippen molar-refractivity contribution in [1.29, 1.82) is 0 Å². The summed E-state index contributed by atoms with van der Waals surface area (Å²) in [6, 6.07) is 0. The van der Waals surface area contributed by atoms with Gasteiger partial charge in [0.1, 0.15) is 26.2 Å². The minimum Gasteiger partial charge on any atom is -0.337 e. The highest BCUT2D eigenvalue weighted by Crippen LogP contribution is 2.20. The standard InChI is InChI=1S/C13H25N3O/c1-11-7-12(2)9-16(8-11)13(17)10-15-5-3-14-4-6-15/h11-12,14H,3-10H2,1-2H3/p+2/t11-,12-/m1/s1. The van der Waals surface area contributed by atoms with Crippen molar-refractivity contribution < 1.29 is 15.0 Å². The maximum atomic E-state index is 12.3. The van der Waals surface area contributed by atoms with Crippen LogP contribution in [-0.2, 0) is 4.79 Å². The third-order valence-corrected chi connectivity index (χ3v) is 4.03. The molecule has 2 saturated heterocycles. The van der Waals surface area contributed by atoms with Crippen LogP contribution < -0.4 is 10.2 Å². The van der Waals surface area contributed by atoms with E-state index in [1.807, 2.05) is 0 Å². The number of nitrogens with two attached hydrogens (primary N) is 1. The Kier molecular flexibility index (Phi) is 4.40. The Morgan fingerprint density at radius 1 is 1.24 bits per heavy atom. The minimum absolute atomic E-state index is 0.375. The molecule has 2 fully saturated rings. The van der Waals surface area contributed by atoms with Gasteiger partial charge in [-0.25, -0.2) is 0 Å². The minimum atomic E-state index is 0.375. The molecule has 2 aliphatic rings. The zero-order valence-corrected chi connectivity index (χ0v) is 11.2. The Hall–Kier alpha value is -0.610. The highest BCUT2D eigenvalue weighted by molar-refractivity contribution is 5.77. The first kappa shape index (κ1) is 12.8. The van der Waals surface area contributed by atoms with Gasteiger partial charge in [-0.1, -0.05) is 13.8 Å². The maximum absolute atomic E-state index is 12.3. The first-order chi connectivity index (χ1) is 8.15. The number of likely N-dealkylation sites (tertiary alicyclic amines) is 1. The topological polar surface area (TPSA) is 41.4 Å². The fourth-order valence-corrected chi connectivity index (χ4v) is 3.25. The summed E-state index contributed by atoms with van der Waals surface area (Å²) in [4.78, 5) is 15.8. The van der Waals surface area contributed by atoms with Crippen molar-refractivity contribution in [3.63, 3.8) is 0 Å². The Balaban J connectivity index is 1.81. The quantitative estimate of drug-likeness (QED) is 0.574. The number of rotatable bonds is 2. The number of piperazine rings is 1. The average molecular weight is 241 g/mol. The molecule has 0 radical (unpaired) electrons. The Labute approximate surface area is 104 Å². The summed E-state index contributed by atoms with van der Waals surface area (Å²) in [5, 5.41) is 2.35. The lowest BCUT2D eigenvalue weighted by Crippen LogP contribution is -3.21. The fourth-order valence-electron chi connectivity index (χ4n) is 3.25. The van der Waals surface area contributed by atoms with Gasteiger partial charge in [-0.3, -0.25) is 4.79 Å². The van der Waals surface area contributed by atoms with E-state index >= 15 is 0 Å². The number of hydrogen-bond acceptors (Lipinski definition) is 1. The van der Waals surface area contributed by atoms with Crippen molar-refractivity contribution in [3.8, 4) is 0 Å². The lowest BCUT2D eigenvalue weighted by Gasteiger charge is -2.35. The third-order valence-electron chi connectivity index (χ3n) is 4.03. The number of carbonyl (C=O) groups is 1. The van der Waals surface area contributed by atoms with Crippen molar-refractivity contribution in [2.75, 3.05) is 45.8 Å². The van der Waals surface area contributed by atoms with E-state index in [1.54, 1.807) is 0 Å². The molecule has 2 heterocycles. The highest BCUT2D eigenvalue weighted by atomic mass is 16.2. The van der Waals surface area contributed by atoms with Crippen molar-refractivity contribution in [1.82, 2.24) is 4.90 Å². The van der Waals surface area contributed by atoms with Crippen LogP contribution in [0.5, 0.6) is 0 Å². The van der Waals surface area contributed by atoms with E-state index in [-0.39, 0.29) is 0 Å². The fraction of sp³-hybridized carbons (Fsp3) is 0.923. The number of nitrogens with one attached hydrogen (secondary N) is 1. The molecule has 98 valence electrons. The van der Waals surface area contributed by atoms with E-state index in [9.17, 15) is 4.79 Å². The largest absolute Gasteiger partial charge is 0.337 e. The van der Waals surface area contributed by atoms with Crippen LogP contribution in [0.4, 0.5) is 0 Å². The second-order valence-corrected chi connectivity index (χ2v) is 6.04. The molecule has 3 N–H and O–H groups in total. The Morgan fingerprint density at radius 3 is 2.41 bits per heavy atom. The third kappa shape index (κ3) is 3.68. The molecule has 0 aromatic heterocycles. The normalized spacial score (nSPS) is 31.5. The van der Waals surface area contributed by atoms with Crippen LogP contribution in [0.25, 0.3) is 0 Å². The molecule has 2 atom stereocenters.